The first-order chi connectivity index (χ1) is 10.5. The lowest BCUT2D eigenvalue weighted by atomic mass is 9.99. The highest BCUT2D eigenvalue weighted by molar-refractivity contribution is 6.33. The molecule has 2 rings (SSSR count). The lowest BCUT2D eigenvalue weighted by molar-refractivity contribution is -0.897. The number of carbonyl (C=O) groups excluding carboxylic acids is 2. The fraction of sp³-hybridized carbons (Fsp3) is 0.500. The van der Waals surface area contributed by atoms with Gasteiger partial charge in [-0.1, -0.05) is 18.5 Å². The van der Waals surface area contributed by atoms with Crippen LogP contribution in [0.4, 0.5) is 5.69 Å². The number of quaternary nitrogens is 1. The lowest BCUT2D eigenvalue weighted by Crippen LogP contribution is -3.14. The van der Waals surface area contributed by atoms with Gasteiger partial charge in [-0.2, -0.15) is 0 Å². The molecule has 5 nitrogen and oxygen atoms in total. The number of ether oxygens (including phenoxy) is 1. The molecular weight excluding hydrogens is 304 g/mol. The minimum absolute atomic E-state index is 0.0894. The number of halogens is 1. The maximum atomic E-state index is 12.2. The first-order valence-corrected chi connectivity index (χ1v) is 7.88. The smallest absolute Gasteiger partial charge is 0.337 e. The fourth-order valence-electron chi connectivity index (χ4n) is 2.63. The Morgan fingerprint density at radius 3 is 2.68 bits per heavy atom. The van der Waals surface area contributed by atoms with Gasteiger partial charge in [0.2, 0.25) is 0 Å². The highest BCUT2D eigenvalue weighted by Gasteiger charge is 2.21. The Morgan fingerprint density at radius 2 is 2.05 bits per heavy atom. The Balaban J connectivity index is 1.97. The molecule has 1 aliphatic rings. The predicted molar refractivity (Wildman–Crippen MR) is 85.4 cm³/mol. The van der Waals surface area contributed by atoms with E-state index in [4.69, 9.17) is 11.6 Å². The molecule has 1 aliphatic heterocycles. The highest BCUT2D eigenvalue weighted by atomic mass is 35.5. The van der Waals surface area contributed by atoms with Gasteiger partial charge in [0.25, 0.3) is 5.91 Å². The number of esters is 1. The maximum Gasteiger partial charge on any atom is 0.337 e. The van der Waals surface area contributed by atoms with Crippen molar-refractivity contribution in [2.24, 2.45) is 5.92 Å². The molecule has 0 radical (unpaired) electrons. The van der Waals surface area contributed by atoms with Gasteiger partial charge in [-0.15, -0.1) is 0 Å². The number of piperidine rings is 1. The van der Waals surface area contributed by atoms with Crippen molar-refractivity contribution in [3.8, 4) is 0 Å². The van der Waals surface area contributed by atoms with Crippen LogP contribution in [0.25, 0.3) is 0 Å². The summed E-state index contributed by atoms with van der Waals surface area (Å²) in [7, 11) is 1.32. The normalized spacial score (nSPS) is 21.2. The Kier molecular flexibility index (Phi) is 5.80. The second-order valence-corrected chi connectivity index (χ2v) is 6.25. The van der Waals surface area contributed by atoms with E-state index in [9.17, 15) is 9.59 Å². The van der Waals surface area contributed by atoms with Crippen molar-refractivity contribution in [3.63, 3.8) is 0 Å². The monoisotopic (exact) mass is 325 g/mol. The minimum atomic E-state index is -0.456. The van der Waals surface area contributed by atoms with E-state index in [1.54, 1.807) is 18.2 Å². The van der Waals surface area contributed by atoms with Crippen molar-refractivity contribution >= 4 is 29.2 Å². The summed E-state index contributed by atoms with van der Waals surface area (Å²) in [5.41, 5.74) is 0.806. The molecule has 1 saturated heterocycles. The molecule has 120 valence electrons. The third-order valence-electron chi connectivity index (χ3n) is 4.05. The number of nitrogens with one attached hydrogen (secondary N) is 2. The minimum Gasteiger partial charge on any atom is -0.465 e. The van der Waals surface area contributed by atoms with E-state index >= 15 is 0 Å². The zero-order valence-electron chi connectivity index (χ0n) is 12.9. The summed E-state index contributed by atoms with van der Waals surface area (Å²) in [5, 5.41) is 3.19. The van der Waals surface area contributed by atoms with Crippen molar-refractivity contribution in [1.29, 1.82) is 0 Å². The van der Waals surface area contributed by atoms with Crippen LogP contribution < -0.4 is 10.2 Å². The van der Waals surface area contributed by atoms with Crippen LogP contribution in [-0.4, -0.2) is 38.6 Å². The summed E-state index contributed by atoms with van der Waals surface area (Å²) in [5.74, 6) is 0.203. The summed E-state index contributed by atoms with van der Waals surface area (Å²) in [4.78, 5) is 25.0. The predicted octanol–water partition coefficient (Wildman–Crippen LogP) is 1.38. The van der Waals surface area contributed by atoms with Crippen molar-refractivity contribution < 1.29 is 19.2 Å². The number of rotatable bonds is 4. The maximum absolute atomic E-state index is 12.2. The van der Waals surface area contributed by atoms with Gasteiger partial charge in [0.1, 0.15) is 0 Å². The van der Waals surface area contributed by atoms with Gasteiger partial charge in [0.15, 0.2) is 6.54 Å². The van der Waals surface area contributed by atoms with Gasteiger partial charge in [-0.25, -0.2) is 4.79 Å². The highest BCUT2D eigenvalue weighted by Crippen LogP contribution is 2.23. The summed E-state index contributed by atoms with van der Waals surface area (Å²) < 4.78 is 4.67. The molecule has 0 bridgehead atoms. The van der Waals surface area contributed by atoms with E-state index in [0.717, 1.165) is 31.8 Å². The zero-order chi connectivity index (χ0) is 16.1. The number of likely N-dealkylation sites (tertiary alicyclic amines) is 1. The van der Waals surface area contributed by atoms with Crippen LogP contribution in [0.1, 0.15) is 30.1 Å². The van der Waals surface area contributed by atoms with Gasteiger partial charge in [0, 0.05) is 0 Å². The first kappa shape index (κ1) is 16.8. The molecule has 0 unspecified atom stereocenters. The molecular formula is C16H22ClN2O3+. The van der Waals surface area contributed by atoms with Gasteiger partial charge < -0.3 is 15.0 Å². The van der Waals surface area contributed by atoms with Gasteiger partial charge >= 0.3 is 5.97 Å². The number of anilines is 1. The second kappa shape index (κ2) is 7.61. The molecule has 1 heterocycles. The quantitative estimate of drug-likeness (QED) is 0.822. The molecule has 0 spiro atoms. The van der Waals surface area contributed by atoms with Crippen molar-refractivity contribution in [2.75, 3.05) is 32.1 Å². The number of hydrogen-bond donors (Lipinski definition) is 2. The van der Waals surface area contributed by atoms with Crippen molar-refractivity contribution in [3.05, 3.63) is 28.8 Å². The number of benzene rings is 1. The third kappa shape index (κ3) is 4.45. The van der Waals surface area contributed by atoms with Gasteiger partial charge in [-0.3, -0.25) is 4.79 Å². The number of hydrogen-bond acceptors (Lipinski definition) is 3. The summed E-state index contributed by atoms with van der Waals surface area (Å²) in [6.07, 6.45) is 2.31. The second-order valence-electron chi connectivity index (χ2n) is 5.84. The van der Waals surface area contributed by atoms with Gasteiger partial charge in [-0.05, 0) is 37.0 Å². The van der Waals surface area contributed by atoms with E-state index in [2.05, 4.69) is 17.0 Å². The van der Waals surface area contributed by atoms with E-state index in [-0.39, 0.29) is 5.91 Å². The van der Waals surface area contributed by atoms with Crippen LogP contribution in [0, 0.1) is 5.92 Å². The number of methoxy groups -OCH3 is 1. The molecule has 1 amide bonds. The van der Waals surface area contributed by atoms with Crippen LogP contribution in [0.3, 0.4) is 0 Å². The Morgan fingerprint density at radius 1 is 1.36 bits per heavy atom. The standard InChI is InChI=1S/C16H21ClN2O3/c1-11-5-7-19(8-6-11)10-15(20)18-14-9-12(16(21)22-2)3-4-13(14)17/h3-4,9,11H,5-8,10H2,1-2H3,(H,18,20)/p+1. The van der Waals surface area contributed by atoms with Crippen molar-refractivity contribution in [2.45, 2.75) is 19.8 Å². The molecule has 22 heavy (non-hydrogen) atoms. The summed E-state index contributed by atoms with van der Waals surface area (Å²) >= 11 is 6.08. The van der Waals surface area contributed by atoms with Crippen LogP contribution in [0.2, 0.25) is 5.02 Å². The molecule has 0 aliphatic carbocycles. The van der Waals surface area contributed by atoms with Gasteiger partial charge in [0.05, 0.1) is 36.5 Å². The molecule has 2 N–H and O–H groups in total. The summed E-state index contributed by atoms with van der Waals surface area (Å²) in [6.45, 7) is 4.70. The van der Waals surface area contributed by atoms with Crippen LogP contribution >= 0.6 is 11.6 Å². The average Bonchev–Trinajstić information content (AvgIpc) is 2.51. The third-order valence-corrected chi connectivity index (χ3v) is 4.38. The van der Waals surface area contributed by atoms with E-state index in [0.29, 0.717) is 22.8 Å². The molecule has 0 atom stereocenters. The largest absolute Gasteiger partial charge is 0.465 e. The number of amides is 1. The van der Waals surface area contributed by atoms with E-state index < -0.39 is 5.97 Å². The molecule has 1 fully saturated rings. The molecule has 1 aromatic carbocycles. The molecule has 6 heteroatoms. The van der Waals surface area contributed by atoms with Crippen LogP contribution in [0.15, 0.2) is 18.2 Å². The lowest BCUT2D eigenvalue weighted by Gasteiger charge is -2.26. The Bertz CT molecular complexity index is 554. The first-order valence-electron chi connectivity index (χ1n) is 7.51. The van der Waals surface area contributed by atoms with E-state index in [1.807, 2.05) is 0 Å². The molecule has 0 aromatic heterocycles. The molecule has 1 aromatic rings. The Hall–Kier alpha value is -1.59. The van der Waals surface area contributed by atoms with Crippen LogP contribution in [0.5, 0.6) is 0 Å². The fourth-order valence-corrected chi connectivity index (χ4v) is 2.80. The average molecular weight is 326 g/mol. The van der Waals surface area contributed by atoms with E-state index in [1.165, 1.54) is 12.0 Å². The van der Waals surface area contributed by atoms with Crippen LogP contribution in [-0.2, 0) is 9.53 Å². The summed E-state index contributed by atoms with van der Waals surface area (Å²) in [6, 6.07) is 4.69. The SMILES string of the molecule is COC(=O)c1ccc(Cl)c(NC(=O)C[NH+]2CCC(C)CC2)c1. The van der Waals surface area contributed by atoms with Crippen molar-refractivity contribution in [1.82, 2.24) is 0 Å². The topological polar surface area (TPSA) is 59.8 Å². The molecule has 0 saturated carbocycles. The zero-order valence-corrected chi connectivity index (χ0v) is 13.7. The Labute approximate surface area is 135 Å². The number of carbonyl (C=O) groups is 2.